The average molecular weight is 645 g/mol. The van der Waals surface area contributed by atoms with Crippen LogP contribution in [0.5, 0.6) is 0 Å². The highest BCUT2D eigenvalue weighted by atomic mass is 15.1. The van der Waals surface area contributed by atoms with E-state index in [9.17, 15) is 0 Å². The van der Waals surface area contributed by atoms with Crippen molar-refractivity contribution in [2.75, 3.05) is 9.80 Å². The third-order valence-electron chi connectivity index (χ3n) is 9.78. The van der Waals surface area contributed by atoms with Crippen LogP contribution in [0.3, 0.4) is 0 Å². The topological polar surface area (TPSA) is 6.48 Å². The van der Waals surface area contributed by atoms with Gasteiger partial charge in [0.25, 0.3) is 0 Å². The van der Waals surface area contributed by atoms with Crippen molar-refractivity contribution in [3.63, 3.8) is 0 Å². The summed E-state index contributed by atoms with van der Waals surface area (Å²) >= 11 is 0. The Balaban J connectivity index is 1.38. The third-order valence-corrected chi connectivity index (χ3v) is 9.78. The largest absolute Gasteiger partial charge is 0.310 e. The molecule has 0 unspecified atom stereocenters. The van der Waals surface area contributed by atoms with Gasteiger partial charge in [0, 0.05) is 33.5 Å². The Morgan fingerprint density at radius 3 is 0.960 bits per heavy atom. The second-order valence-corrected chi connectivity index (χ2v) is 13.3. The van der Waals surface area contributed by atoms with Gasteiger partial charge in [-0.25, -0.2) is 0 Å². The van der Waals surface area contributed by atoms with Gasteiger partial charge in [0.05, 0.1) is 11.4 Å². The number of anilines is 6. The van der Waals surface area contributed by atoms with E-state index in [4.69, 9.17) is 0 Å². The summed E-state index contributed by atoms with van der Waals surface area (Å²) < 4.78 is 0. The van der Waals surface area contributed by atoms with Gasteiger partial charge in [0.2, 0.25) is 0 Å². The summed E-state index contributed by atoms with van der Waals surface area (Å²) in [4.78, 5) is 4.79. The van der Waals surface area contributed by atoms with Crippen LogP contribution in [0.2, 0.25) is 0 Å². The summed E-state index contributed by atoms with van der Waals surface area (Å²) in [5.41, 5.74) is 14.4. The summed E-state index contributed by atoms with van der Waals surface area (Å²) in [7, 11) is 0. The zero-order chi connectivity index (χ0) is 34.2. The summed E-state index contributed by atoms with van der Waals surface area (Å²) in [6.45, 7) is 8.83. The number of rotatable bonds is 7. The van der Waals surface area contributed by atoms with Gasteiger partial charge in [-0.05, 0) is 121 Å². The van der Waals surface area contributed by atoms with Crippen molar-refractivity contribution in [3.05, 3.63) is 192 Å². The molecule has 0 aliphatic carbocycles. The van der Waals surface area contributed by atoms with Gasteiger partial charge in [-0.15, -0.1) is 0 Å². The van der Waals surface area contributed by atoms with Crippen LogP contribution in [-0.4, -0.2) is 0 Å². The van der Waals surface area contributed by atoms with Crippen LogP contribution in [0.1, 0.15) is 22.3 Å². The summed E-state index contributed by atoms with van der Waals surface area (Å²) in [6, 6.07) is 61.7. The molecule has 0 heterocycles. The molecule has 0 saturated carbocycles. The molecule has 0 fully saturated rings. The van der Waals surface area contributed by atoms with Gasteiger partial charge in [-0.1, -0.05) is 120 Å². The van der Waals surface area contributed by atoms with Crippen LogP contribution in [-0.2, 0) is 0 Å². The highest BCUT2D eigenvalue weighted by Gasteiger charge is 2.23. The Labute approximate surface area is 295 Å². The van der Waals surface area contributed by atoms with E-state index >= 15 is 0 Å². The molecule has 0 aliphatic rings. The quantitative estimate of drug-likeness (QED) is 0.170. The van der Waals surface area contributed by atoms with E-state index in [1.54, 1.807) is 0 Å². The molecule has 8 aromatic rings. The molecule has 2 heteroatoms. The fourth-order valence-electron chi connectivity index (χ4n) is 7.41. The van der Waals surface area contributed by atoms with Gasteiger partial charge in [0.1, 0.15) is 0 Å². The van der Waals surface area contributed by atoms with Crippen molar-refractivity contribution in [2.45, 2.75) is 27.7 Å². The van der Waals surface area contributed by atoms with E-state index in [1.807, 2.05) is 0 Å². The minimum absolute atomic E-state index is 1.14. The lowest BCUT2D eigenvalue weighted by molar-refractivity contribution is 1.27. The predicted octanol–water partition coefficient (Wildman–Crippen LogP) is 13.8. The number of fused-ring (bicyclic) bond motifs is 2. The van der Waals surface area contributed by atoms with Crippen molar-refractivity contribution in [2.24, 2.45) is 0 Å². The van der Waals surface area contributed by atoms with E-state index in [0.717, 1.165) is 22.7 Å². The minimum atomic E-state index is 1.14. The maximum Gasteiger partial charge on any atom is 0.0543 e. The first-order valence-corrected chi connectivity index (χ1v) is 17.4. The summed E-state index contributed by atoms with van der Waals surface area (Å²) in [5, 5.41) is 4.93. The van der Waals surface area contributed by atoms with Crippen LogP contribution < -0.4 is 9.80 Å². The molecule has 0 aliphatic heterocycles. The second-order valence-electron chi connectivity index (χ2n) is 13.3. The van der Waals surface area contributed by atoms with Crippen LogP contribution >= 0.6 is 0 Å². The number of hydrogen-bond donors (Lipinski definition) is 0. The molecule has 0 bridgehead atoms. The van der Waals surface area contributed by atoms with Crippen molar-refractivity contribution in [3.8, 4) is 11.1 Å². The maximum atomic E-state index is 2.39. The molecule has 0 spiro atoms. The van der Waals surface area contributed by atoms with E-state index in [-0.39, 0.29) is 0 Å². The van der Waals surface area contributed by atoms with Gasteiger partial charge in [-0.3, -0.25) is 0 Å². The van der Waals surface area contributed by atoms with Crippen LogP contribution in [0.15, 0.2) is 170 Å². The first-order valence-electron chi connectivity index (χ1n) is 17.4. The third kappa shape index (κ3) is 5.59. The average Bonchev–Trinajstić information content (AvgIpc) is 3.15. The molecule has 8 aromatic carbocycles. The lowest BCUT2D eigenvalue weighted by Gasteiger charge is -2.30. The SMILES string of the molecule is Cc1ccc(N(c2ccccc2)c2cc(C)c(-c3c(C)cc(N(c4ccccc4)c4ccc(C)cc4)c4ccccc34)c3ccccc23)cc1. The maximum absolute atomic E-state index is 2.39. The molecule has 2 nitrogen and oxygen atoms in total. The van der Waals surface area contributed by atoms with Crippen LogP contribution in [0.4, 0.5) is 34.1 Å². The lowest BCUT2D eigenvalue weighted by atomic mass is 9.86. The van der Waals surface area contributed by atoms with Crippen molar-refractivity contribution < 1.29 is 0 Å². The number of benzene rings is 8. The Morgan fingerprint density at radius 2 is 0.600 bits per heavy atom. The standard InChI is InChI=1S/C48H40N2/c1-33-23-27-39(28-24-33)49(37-15-7-5-8-16-37)45-31-35(3)47(43-21-13-11-19-41(43)45)48-36(4)32-46(42-20-12-14-22-44(42)48)50(38-17-9-6-10-18-38)40-29-25-34(2)26-30-40/h5-32H,1-4H3. The molecule has 8 rings (SSSR count). The first-order chi connectivity index (χ1) is 24.5. The normalized spacial score (nSPS) is 11.2. The highest BCUT2D eigenvalue weighted by Crippen LogP contribution is 2.48. The number of nitrogens with zero attached hydrogens (tertiary/aromatic N) is 2. The Bertz CT molecular complexity index is 2270. The fourth-order valence-corrected chi connectivity index (χ4v) is 7.41. The highest BCUT2D eigenvalue weighted by molar-refractivity contribution is 6.15. The molecule has 0 atom stereocenters. The Morgan fingerprint density at radius 1 is 0.300 bits per heavy atom. The zero-order valence-corrected chi connectivity index (χ0v) is 29.1. The molecule has 0 saturated heterocycles. The van der Waals surface area contributed by atoms with E-state index in [1.165, 1.54) is 66.3 Å². The monoisotopic (exact) mass is 644 g/mol. The molecular weight excluding hydrogens is 605 g/mol. The van der Waals surface area contributed by atoms with E-state index in [0.29, 0.717) is 0 Å². The van der Waals surface area contributed by atoms with Gasteiger partial charge >= 0.3 is 0 Å². The molecule has 0 N–H and O–H groups in total. The second kappa shape index (κ2) is 13.1. The number of hydrogen-bond acceptors (Lipinski definition) is 2. The molecule has 50 heavy (non-hydrogen) atoms. The molecular formula is C48H40N2. The predicted molar refractivity (Wildman–Crippen MR) is 215 cm³/mol. The van der Waals surface area contributed by atoms with Crippen molar-refractivity contribution in [1.29, 1.82) is 0 Å². The Hall–Kier alpha value is -6.12. The van der Waals surface area contributed by atoms with Gasteiger partial charge in [0.15, 0.2) is 0 Å². The molecule has 0 radical (unpaired) electrons. The lowest BCUT2D eigenvalue weighted by Crippen LogP contribution is -2.12. The minimum Gasteiger partial charge on any atom is -0.310 e. The zero-order valence-electron chi connectivity index (χ0n) is 29.1. The van der Waals surface area contributed by atoms with Gasteiger partial charge < -0.3 is 9.80 Å². The van der Waals surface area contributed by atoms with Crippen LogP contribution in [0, 0.1) is 27.7 Å². The van der Waals surface area contributed by atoms with Crippen molar-refractivity contribution >= 4 is 55.7 Å². The van der Waals surface area contributed by atoms with Crippen molar-refractivity contribution in [1.82, 2.24) is 0 Å². The smallest absolute Gasteiger partial charge is 0.0543 e. The number of aryl methyl sites for hydroxylation is 4. The first kappa shape index (κ1) is 31.2. The molecule has 0 aromatic heterocycles. The molecule has 242 valence electrons. The van der Waals surface area contributed by atoms with Gasteiger partial charge in [-0.2, -0.15) is 0 Å². The van der Waals surface area contributed by atoms with E-state index < -0.39 is 0 Å². The van der Waals surface area contributed by atoms with E-state index in [2.05, 4.69) is 207 Å². The number of para-hydroxylation sites is 2. The fraction of sp³-hybridized carbons (Fsp3) is 0.0833. The Kier molecular flexibility index (Phi) is 8.14. The molecule has 0 amide bonds. The van der Waals surface area contributed by atoms with Crippen LogP contribution in [0.25, 0.3) is 32.7 Å². The summed E-state index contributed by atoms with van der Waals surface area (Å²) in [6.07, 6.45) is 0. The summed E-state index contributed by atoms with van der Waals surface area (Å²) in [5.74, 6) is 0.